The number of alkyl halides is 2. The number of hydrogen-bond acceptors (Lipinski definition) is 4. The molecule has 0 aromatic heterocycles. The fraction of sp³-hybridized carbons (Fsp3) is 0.429. The van der Waals surface area contributed by atoms with Gasteiger partial charge in [0.05, 0.1) is 4.90 Å². The van der Waals surface area contributed by atoms with Crippen LogP contribution in [0.25, 0.3) is 0 Å². The van der Waals surface area contributed by atoms with E-state index in [0.717, 1.165) is 0 Å². The molecule has 24 heavy (non-hydrogen) atoms. The minimum absolute atomic E-state index is 0.0426. The van der Waals surface area contributed by atoms with Crippen LogP contribution in [0.1, 0.15) is 30.6 Å². The van der Waals surface area contributed by atoms with Gasteiger partial charge in [-0.3, -0.25) is 4.79 Å². The van der Waals surface area contributed by atoms with Crippen LogP contribution in [0.15, 0.2) is 29.2 Å². The number of carbonyl (C=O) groups excluding carboxylic acids is 1. The molecular weight excluding hydrogens is 346 g/mol. The second kappa shape index (κ2) is 8.15. The highest BCUT2D eigenvalue weighted by Gasteiger charge is 2.25. The van der Waals surface area contributed by atoms with E-state index in [9.17, 15) is 26.8 Å². The van der Waals surface area contributed by atoms with E-state index in [2.05, 4.69) is 4.72 Å². The van der Waals surface area contributed by atoms with E-state index in [1.807, 2.05) is 5.32 Å². The average Bonchev–Trinajstić information content (AvgIpc) is 2.44. The van der Waals surface area contributed by atoms with Crippen LogP contribution in [0.3, 0.4) is 0 Å². The fourth-order valence-corrected chi connectivity index (χ4v) is 3.06. The number of hydrogen-bond donors (Lipinski definition) is 3. The molecule has 0 radical (unpaired) electrons. The van der Waals surface area contributed by atoms with Crippen LogP contribution in [-0.4, -0.2) is 43.9 Å². The van der Waals surface area contributed by atoms with Gasteiger partial charge in [0.2, 0.25) is 16.4 Å². The van der Waals surface area contributed by atoms with Crippen molar-refractivity contribution in [2.45, 2.75) is 43.7 Å². The van der Waals surface area contributed by atoms with Crippen molar-refractivity contribution in [2.24, 2.45) is 0 Å². The van der Waals surface area contributed by atoms with Gasteiger partial charge in [-0.2, -0.15) is 0 Å². The van der Waals surface area contributed by atoms with E-state index in [1.165, 1.54) is 24.3 Å². The first-order valence-electron chi connectivity index (χ1n) is 6.97. The molecule has 0 aliphatic rings. The van der Waals surface area contributed by atoms with Crippen molar-refractivity contribution in [1.82, 2.24) is 10.0 Å². The predicted molar refractivity (Wildman–Crippen MR) is 81.4 cm³/mol. The molecule has 0 aliphatic carbocycles. The van der Waals surface area contributed by atoms with Gasteiger partial charge in [-0.05, 0) is 38.1 Å². The number of halogens is 2. The maximum atomic E-state index is 12.3. The molecule has 0 fully saturated rings. The second-order valence-electron chi connectivity index (χ2n) is 5.29. The Morgan fingerprint density at radius 1 is 1.17 bits per heavy atom. The van der Waals surface area contributed by atoms with Gasteiger partial charge in [-0.15, -0.1) is 0 Å². The molecule has 134 valence electrons. The van der Waals surface area contributed by atoms with Gasteiger partial charge in [0.1, 0.15) is 6.04 Å². The van der Waals surface area contributed by atoms with Crippen molar-refractivity contribution in [2.75, 3.05) is 0 Å². The molecule has 7 nitrogen and oxygen atoms in total. The Hall–Kier alpha value is -2.07. The SMILES string of the molecule is CC(C)NS(=O)(=O)c1ccc(C(=O)NC(CC(F)F)C(=O)O)cc1. The molecule has 1 aromatic carbocycles. The van der Waals surface area contributed by atoms with Gasteiger partial charge >= 0.3 is 5.97 Å². The lowest BCUT2D eigenvalue weighted by molar-refractivity contribution is -0.140. The number of carboxylic acid groups (broad SMARTS) is 1. The van der Waals surface area contributed by atoms with Crippen LogP contribution in [0, 0.1) is 0 Å². The summed E-state index contributed by atoms with van der Waals surface area (Å²) in [6, 6.07) is 2.63. The molecule has 3 N–H and O–H groups in total. The summed E-state index contributed by atoms with van der Waals surface area (Å²) < 4.78 is 50.8. The van der Waals surface area contributed by atoms with Gasteiger partial charge in [-0.1, -0.05) is 0 Å². The summed E-state index contributed by atoms with van der Waals surface area (Å²) in [5.74, 6) is -2.47. The van der Waals surface area contributed by atoms with Crippen molar-refractivity contribution in [1.29, 1.82) is 0 Å². The number of aliphatic carboxylic acids is 1. The minimum atomic E-state index is -3.73. The van der Waals surface area contributed by atoms with E-state index in [4.69, 9.17) is 5.11 Å². The summed E-state index contributed by atoms with van der Waals surface area (Å²) in [4.78, 5) is 22.7. The maximum absolute atomic E-state index is 12.3. The normalized spacial score (nSPS) is 13.1. The summed E-state index contributed by atoms with van der Waals surface area (Å²) in [7, 11) is -3.73. The van der Waals surface area contributed by atoms with Gasteiger partial charge in [-0.25, -0.2) is 26.7 Å². The average molecular weight is 364 g/mol. The van der Waals surface area contributed by atoms with Crippen LogP contribution < -0.4 is 10.0 Å². The Balaban J connectivity index is 2.88. The summed E-state index contributed by atoms with van der Waals surface area (Å²) in [5, 5.41) is 10.8. The van der Waals surface area contributed by atoms with Crippen molar-refractivity contribution >= 4 is 21.9 Å². The monoisotopic (exact) mass is 364 g/mol. The summed E-state index contributed by atoms with van der Waals surface area (Å²) in [5.41, 5.74) is -0.0426. The summed E-state index contributed by atoms with van der Waals surface area (Å²) >= 11 is 0. The van der Waals surface area contributed by atoms with Crippen molar-refractivity contribution in [3.05, 3.63) is 29.8 Å². The van der Waals surface area contributed by atoms with Crippen LogP contribution >= 0.6 is 0 Å². The smallest absolute Gasteiger partial charge is 0.326 e. The number of rotatable bonds is 8. The quantitative estimate of drug-likeness (QED) is 0.642. The lowest BCUT2D eigenvalue weighted by Gasteiger charge is -2.14. The Bertz CT molecular complexity index is 690. The molecule has 10 heteroatoms. The van der Waals surface area contributed by atoms with Crippen LogP contribution in [-0.2, 0) is 14.8 Å². The first kappa shape index (κ1) is 20.0. The number of carboxylic acids is 1. The molecule has 1 rings (SSSR count). The van der Waals surface area contributed by atoms with E-state index in [-0.39, 0.29) is 16.5 Å². The predicted octanol–water partition coefficient (Wildman–Crippen LogP) is 1.21. The van der Waals surface area contributed by atoms with Crippen LogP contribution in [0.5, 0.6) is 0 Å². The second-order valence-corrected chi connectivity index (χ2v) is 7.01. The zero-order valence-electron chi connectivity index (χ0n) is 13.0. The number of carbonyl (C=O) groups is 2. The lowest BCUT2D eigenvalue weighted by Crippen LogP contribution is -2.42. The van der Waals surface area contributed by atoms with Crippen LogP contribution in [0.4, 0.5) is 8.78 Å². The first-order chi connectivity index (χ1) is 11.0. The Morgan fingerprint density at radius 2 is 1.71 bits per heavy atom. The Kier molecular flexibility index (Phi) is 6.79. The first-order valence-corrected chi connectivity index (χ1v) is 8.45. The maximum Gasteiger partial charge on any atom is 0.326 e. The molecule has 1 atom stereocenters. The number of benzene rings is 1. The number of sulfonamides is 1. The van der Waals surface area contributed by atoms with Gasteiger partial charge in [0.25, 0.3) is 5.91 Å². The van der Waals surface area contributed by atoms with Crippen molar-refractivity contribution in [3.8, 4) is 0 Å². The molecule has 1 amide bonds. The highest BCUT2D eigenvalue weighted by molar-refractivity contribution is 7.89. The molecule has 0 bridgehead atoms. The summed E-state index contributed by atoms with van der Waals surface area (Å²) in [6.07, 6.45) is -3.91. The van der Waals surface area contributed by atoms with E-state index >= 15 is 0 Å². The third kappa shape index (κ3) is 5.85. The molecule has 1 unspecified atom stereocenters. The topological polar surface area (TPSA) is 113 Å². The number of amides is 1. The molecule has 0 spiro atoms. The molecule has 0 aliphatic heterocycles. The molecular formula is C14H18F2N2O5S. The highest BCUT2D eigenvalue weighted by atomic mass is 32.2. The van der Waals surface area contributed by atoms with Crippen molar-refractivity contribution < 1.29 is 31.9 Å². The zero-order chi connectivity index (χ0) is 18.5. The van der Waals surface area contributed by atoms with Crippen molar-refractivity contribution in [3.63, 3.8) is 0 Å². The molecule has 0 saturated heterocycles. The minimum Gasteiger partial charge on any atom is -0.480 e. The third-order valence-electron chi connectivity index (χ3n) is 2.83. The fourth-order valence-electron chi connectivity index (χ4n) is 1.81. The Morgan fingerprint density at radius 3 is 2.12 bits per heavy atom. The number of nitrogens with one attached hydrogen (secondary N) is 2. The van der Waals surface area contributed by atoms with Gasteiger partial charge < -0.3 is 10.4 Å². The third-order valence-corrected chi connectivity index (χ3v) is 4.51. The zero-order valence-corrected chi connectivity index (χ0v) is 13.8. The van der Waals surface area contributed by atoms with Gasteiger partial charge in [0, 0.05) is 18.0 Å². The molecule has 0 heterocycles. The van der Waals surface area contributed by atoms with Gasteiger partial charge in [0.15, 0.2) is 0 Å². The largest absolute Gasteiger partial charge is 0.480 e. The molecule has 1 aromatic rings. The van der Waals surface area contributed by atoms with Crippen LogP contribution in [0.2, 0.25) is 0 Å². The summed E-state index contributed by atoms with van der Waals surface area (Å²) in [6.45, 7) is 3.29. The lowest BCUT2D eigenvalue weighted by atomic mass is 10.1. The van der Waals surface area contributed by atoms with E-state index < -0.39 is 40.8 Å². The van der Waals surface area contributed by atoms with E-state index in [0.29, 0.717) is 0 Å². The van der Waals surface area contributed by atoms with E-state index in [1.54, 1.807) is 13.8 Å². The Labute approximate surface area is 138 Å². The standard InChI is InChI=1S/C14H18F2N2O5S/c1-8(2)18-24(22,23)10-5-3-9(4-6-10)13(19)17-11(14(20)21)7-12(15)16/h3-6,8,11-12,18H,7H2,1-2H3,(H,17,19)(H,20,21). The molecule has 0 saturated carbocycles. The highest BCUT2D eigenvalue weighted by Crippen LogP contribution is 2.12.